The maximum Gasteiger partial charge on any atom is 0.253 e. The Morgan fingerprint density at radius 2 is 2.12 bits per heavy atom. The number of carbonyl (C=O) groups excluding carboxylic acids is 1. The van der Waals surface area contributed by atoms with Crippen molar-refractivity contribution in [3.63, 3.8) is 0 Å². The van der Waals surface area contributed by atoms with Crippen molar-refractivity contribution in [2.45, 2.75) is 0 Å². The summed E-state index contributed by atoms with van der Waals surface area (Å²) in [4.78, 5) is 15.7. The Balaban J connectivity index is 2.80. The molecule has 4 heteroatoms. The lowest BCUT2D eigenvalue weighted by Gasteiger charge is -2.09. The van der Waals surface area contributed by atoms with E-state index < -0.39 is 0 Å². The fraction of sp³-hybridized carbons (Fsp3) is 0.167. The Morgan fingerprint density at radius 3 is 2.81 bits per heavy atom. The molecule has 0 aliphatic rings. The molecule has 16 heavy (non-hydrogen) atoms. The second-order valence-electron chi connectivity index (χ2n) is 3.09. The molecular formula is C12H15N3O. The van der Waals surface area contributed by atoms with E-state index in [0.29, 0.717) is 24.3 Å². The highest BCUT2D eigenvalue weighted by Crippen LogP contribution is 2.12. The molecule has 0 saturated carbocycles. The van der Waals surface area contributed by atoms with Crippen LogP contribution in [0.1, 0.15) is 10.4 Å². The van der Waals surface area contributed by atoms with Crippen molar-refractivity contribution in [1.82, 2.24) is 10.3 Å². The van der Waals surface area contributed by atoms with E-state index in [0.717, 1.165) is 0 Å². The van der Waals surface area contributed by atoms with Gasteiger partial charge in [-0.2, -0.15) is 0 Å². The van der Waals surface area contributed by atoms with Gasteiger partial charge in [0.15, 0.2) is 0 Å². The first-order valence-electron chi connectivity index (χ1n) is 4.97. The molecule has 84 valence electrons. The van der Waals surface area contributed by atoms with E-state index in [2.05, 4.69) is 28.8 Å². The Labute approximate surface area is 95.1 Å². The largest absolute Gasteiger partial charge is 0.380 e. The number of rotatable bonds is 6. The molecule has 2 N–H and O–H groups in total. The van der Waals surface area contributed by atoms with Gasteiger partial charge in [-0.1, -0.05) is 12.2 Å². The number of nitrogens with zero attached hydrogens (tertiary/aromatic N) is 1. The van der Waals surface area contributed by atoms with E-state index in [1.54, 1.807) is 30.6 Å². The zero-order valence-corrected chi connectivity index (χ0v) is 9.07. The third kappa shape index (κ3) is 3.24. The molecule has 1 aromatic heterocycles. The van der Waals surface area contributed by atoms with Gasteiger partial charge >= 0.3 is 0 Å². The SMILES string of the molecule is C=CCNC(=O)c1ccncc1NCC=C. The molecule has 1 rings (SSSR count). The quantitative estimate of drug-likeness (QED) is 0.711. The second-order valence-corrected chi connectivity index (χ2v) is 3.09. The zero-order valence-electron chi connectivity index (χ0n) is 9.07. The Morgan fingerprint density at radius 1 is 1.38 bits per heavy atom. The molecule has 1 aromatic rings. The highest BCUT2D eigenvalue weighted by Gasteiger charge is 2.09. The summed E-state index contributed by atoms with van der Waals surface area (Å²) in [7, 11) is 0. The van der Waals surface area contributed by atoms with Crippen molar-refractivity contribution in [3.8, 4) is 0 Å². The number of hydrogen-bond donors (Lipinski definition) is 2. The minimum atomic E-state index is -0.145. The summed E-state index contributed by atoms with van der Waals surface area (Å²) in [5.41, 5.74) is 1.27. The number of pyridine rings is 1. The Bertz CT molecular complexity index is 388. The fourth-order valence-corrected chi connectivity index (χ4v) is 1.18. The minimum absolute atomic E-state index is 0.145. The molecule has 0 aliphatic heterocycles. The average molecular weight is 217 g/mol. The van der Waals surface area contributed by atoms with Crippen LogP contribution in [0, 0.1) is 0 Å². The van der Waals surface area contributed by atoms with Crippen LogP contribution in [0.2, 0.25) is 0 Å². The van der Waals surface area contributed by atoms with Crippen LogP contribution in [-0.4, -0.2) is 24.0 Å². The first-order valence-corrected chi connectivity index (χ1v) is 4.97. The third-order valence-electron chi connectivity index (χ3n) is 1.91. The van der Waals surface area contributed by atoms with E-state index >= 15 is 0 Å². The topological polar surface area (TPSA) is 54.0 Å². The average Bonchev–Trinajstić information content (AvgIpc) is 2.33. The highest BCUT2D eigenvalue weighted by molar-refractivity contribution is 5.99. The van der Waals surface area contributed by atoms with Gasteiger partial charge < -0.3 is 10.6 Å². The van der Waals surface area contributed by atoms with E-state index in [-0.39, 0.29) is 5.91 Å². The van der Waals surface area contributed by atoms with Crippen molar-refractivity contribution in [3.05, 3.63) is 49.3 Å². The van der Waals surface area contributed by atoms with Gasteiger partial charge in [0.2, 0.25) is 0 Å². The number of hydrogen-bond acceptors (Lipinski definition) is 3. The van der Waals surface area contributed by atoms with Crippen LogP contribution in [0.3, 0.4) is 0 Å². The summed E-state index contributed by atoms with van der Waals surface area (Å²) in [5, 5.41) is 5.77. The van der Waals surface area contributed by atoms with Gasteiger partial charge in [-0.05, 0) is 6.07 Å². The summed E-state index contributed by atoms with van der Waals surface area (Å²) < 4.78 is 0. The predicted octanol–water partition coefficient (Wildman–Crippen LogP) is 1.60. The van der Waals surface area contributed by atoms with Gasteiger partial charge in [-0.3, -0.25) is 9.78 Å². The van der Waals surface area contributed by atoms with Crippen molar-refractivity contribution in [1.29, 1.82) is 0 Å². The monoisotopic (exact) mass is 217 g/mol. The van der Waals surface area contributed by atoms with Gasteiger partial charge in [-0.15, -0.1) is 13.2 Å². The van der Waals surface area contributed by atoms with E-state index in [1.807, 2.05) is 0 Å². The fourth-order valence-electron chi connectivity index (χ4n) is 1.18. The number of aromatic nitrogens is 1. The molecule has 0 aromatic carbocycles. The van der Waals surface area contributed by atoms with Crippen molar-refractivity contribution in [2.75, 3.05) is 18.4 Å². The summed E-state index contributed by atoms with van der Waals surface area (Å²) in [6.45, 7) is 8.18. The maximum absolute atomic E-state index is 11.7. The highest BCUT2D eigenvalue weighted by atomic mass is 16.1. The number of anilines is 1. The van der Waals surface area contributed by atoms with Gasteiger partial charge in [0, 0.05) is 19.3 Å². The molecule has 1 amide bonds. The van der Waals surface area contributed by atoms with E-state index in [1.165, 1.54) is 0 Å². The van der Waals surface area contributed by atoms with Crippen LogP contribution in [0.25, 0.3) is 0 Å². The lowest BCUT2D eigenvalue weighted by molar-refractivity contribution is 0.0958. The molecule has 4 nitrogen and oxygen atoms in total. The maximum atomic E-state index is 11.7. The van der Waals surface area contributed by atoms with Gasteiger partial charge in [-0.25, -0.2) is 0 Å². The minimum Gasteiger partial charge on any atom is -0.380 e. The molecule has 0 saturated heterocycles. The van der Waals surface area contributed by atoms with Crippen molar-refractivity contribution < 1.29 is 4.79 Å². The van der Waals surface area contributed by atoms with Crippen LogP contribution >= 0.6 is 0 Å². The van der Waals surface area contributed by atoms with Gasteiger partial charge in [0.1, 0.15) is 0 Å². The number of carbonyl (C=O) groups is 1. The summed E-state index contributed by atoms with van der Waals surface area (Å²) in [6, 6.07) is 1.67. The summed E-state index contributed by atoms with van der Waals surface area (Å²) in [6.07, 6.45) is 6.56. The molecular weight excluding hydrogens is 202 g/mol. The Kier molecular flexibility index (Phi) is 4.79. The van der Waals surface area contributed by atoms with Crippen LogP contribution in [0.5, 0.6) is 0 Å². The van der Waals surface area contributed by atoms with E-state index in [4.69, 9.17) is 0 Å². The van der Waals surface area contributed by atoms with Crippen molar-refractivity contribution in [2.24, 2.45) is 0 Å². The van der Waals surface area contributed by atoms with Crippen LogP contribution in [0.15, 0.2) is 43.8 Å². The number of amides is 1. The molecule has 0 spiro atoms. The standard InChI is InChI=1S/C12H15N3O/c1-3-6-14-11-9-13-8-5-10(11)12(16)15-7-4-2/h3-5,8-9,14H,1-2,6-7H2,(H,15,16). The molecule has 0 fully saturated rings. The van der Waals surface area contributed by atoms with E-state index in [9.17, 15) is 4.79 Å². The molecule has 0 atom stereocenters. The summed E-state index contributed by atoms with van der Waals surface area (Å²) in [5.74, 6) is -0.145. The normalized spacial score (nSPS) is 9.25. The molecule has 0 bridgehead atoms. The molecule has 0 unspecified atom stereocenters. The second kappa shape index (κ2) is 6.40. The molecule has 1 heterocycles. The zero-order chi connectivity index (χ0) is 11.8. The van der Waals surface area contributed by atoms with Gasteiger partial charge in [0.25, 0.3) is 5.91 Å². The van der Waals surface area contributed by atoms with Crippen molar-refractivity contribution >= 4 is 11.6 Å². The predicted molar refractivity (Wildman–Crippen MR) is 65.5 cm³/mol. The van der Waals surface area contributed by atoms with Crippen LogP contribution in [-0.2, 0) is 0 Å². The van der Waals surface area contributed by atoms with Crippen LogP contribution < -0.4 is 10.6 Å². The third-order valence-corrected chi connectivity index (χ3v) is 1.91. The first kappa shape index (κ1) is 12.0. The summed E-state index contributed by atoms with van der Waals surface area (Å²) >= 11 is 0. The molecule has 0 aliphatic carbocycles. The van der Waals surface area contributed by atoms with Crippen LogP contribution in [0.4, 0.5) is 5.69 Å². The smallest absolute Gasteiger partial charge is 0.253 e. The first-order chi connectivity index (χ1) is 7.79. The molecule has 0 radical (unpaired) electrons. The lowest BCUT2D eigenvalue weighted by Crippen LogP contribution is -2.24. The Hall–Kier alpha value is -2.10. The lowest BCUT2D eigenvalue weighted by atomic mass is 10.2. The van der Waals surface area contributed by atoms with Gasteiger partial charge in [0.05, 0.1) is 17.4 Å². The number of nitrogens with one attached hydrogen (secondary N) is 2.